The molecule has 0 fully saturated rings. The van der Waals surface area contributed by atoms with Crippen LogP contribution in [0.15, 0.2) is 55.6 Å². The maximum absolute atomic E-state index is 10.8. The molecule has 14 heavy (non-hydrogen) atoms. The van der Waals surface area contributed by atoms with Crippen molar-refractivity contribution < 1.29 is 9.53 Å². The summed E-state index contributed by atoms with van der Waals surface area (Å²) in [6, 6.07) is 8.88. The van der Waals surface area contributed by atoms with Gasteiger partial charge >= 0.3 is 5.97 Å². The van der Waals surface area contributed by atoms with Crippen LogP contribution in [0, 0.1) is 0 Å². The summed E-state index contributed by atoms with van der Waals surface area (Å²) in [6.07, 6.45) is 3.28. The predicted molar refractivity (Wildman–Crippen MR) is 58.2 cm³/mol. The molecule has 0 saturated carbocycles. The molecule has 0 aliphatic carbocycles. The van der Waals surface area contributed by atoms with E-state index in [1.807, 2.05) is 6.07 Å². The molecular formula is C12H14O2. The molecule has 0 spiro atoms. The number of ether oxygens (including phenoxy) is 1. The van der Waals surface area contributed by atoms with Gasteiger partial charge in [-0.3, -0.25) is 0 Å². The lowest BCUT2D eigenvalue weighted by atomic mass is 10.2. The van der Waals surface area contributed by atoms with Gasteiger partial charge in [-0.1, -0.05) is 43.5 Å². The number of carbonyl (C=O) groups is 1. The number of rotatable bonds is 2. The molecule has 0 aliphatic heterocycles. The molecule has 1 aromatic carbocycles. The van der Waals surface area contributed by atoms with Gasteiger partial charge in [-0.05, 0) is 12.1 Å². The minimum atomic E-state index is -0.291. The molecule has 0 saturated heterocycles. The van der Waals surface area contributed by atoms with Crippen molar-refractivity contribution in [1.29, 1.82) is 0 Å². The smallest absolute Gasteiger partial charge is 0.337 e. The van der Waals surface area contributed by atoms with Gasteiger partial charge < -0.3 is 4.74 Å². The van der Waals surface area contributed by atoms with Crippen molar-refractivity contribution in [3.8, 4) is 0 Å². The van der Waals surface area contributed by atoms with Gasteiger partial charge in [-0.15, -0.1) is 0 Å². The maximum Gasteiger partial charge on any atom is 0.337 e. The van der Waals surface area contributed by atoms with Crippen LogP contribution in [0.4, 0.5) is 0 Å². The molecule has 2 nitrogen and oxygen atoms in total. The number of carbonyl (C=O) groups excluding carboxylic acids is 1. The first-order valence-electron chi connectivity index (χ1n) is 4.13. The highest BCUT2D eigenvalue weighted by Crippen LogP contribution is 1.98. The molecule has 0 amide bonds. The number of benzene rings is 1. The van der Waals surface area contributed by atoms with E-state index in [0.29, 0.717) is 5.56 Å². The Hall–Kier alpha value is -1.83. The normalized spacial score (nSPS) is 7.79. The topological polar surface area (TPSA) is 26.3 Å². The Morgan fingerprint density at radius 2 is 1.71 bits per heavy atom. The molecule has 0 aromatic heterocycles. The summed E-state index contributed by atoms with van der Waals surface area (Å²) in [7, 11) is 1.37. The molecule has 74 valence electrons. The largest absolute Gasteiger partial charge is 0.465 e. The minimum Gasteiger partial charge on any atom is -0.465 e. The van der Waals surface area contributed by atoms with Crippen LogP contribution in [0.1, 0.15) is 10.4 Å². The number of allylic oxidation sites excluding steroid dienone is 2. The molecule has 2 heteroatoms. The van der Waals surface area contributed by atoms with Crippen LogP contribution in [0.25, 0.3) is 0 Å². The third kappa shape index (κ3) is 4.93. The van der Waals surface area contributed by atoms with E-state index in [0.717, 1.165) is 0 Å². The highest BCUT2D eigenvalue weighted by Gasteiger charge is 2.00. The fraction of sp³-hybridized carbons (Fsp3) is 0.0833. The second-order valence-electron chi connectivity index (χ2n) is 2.33. The van der Waals surface area contributed by atoms with E-state index >= 15 is 0 Å². The van der Waals surface area contributed by atoms with E-state index in [9.17, 15) is 4.79 Å². The standard InChI is InChI=1S/C8H8O2.C4H6/c1-10-8(9)7-5-3-2-4-6-7;1-3-4-2/h2-6H,1H3;3-4H,1-2H2. The molecule has 0 N–H and O–H groups in total. The van der Waals surface area contributed by atoms with Crippen LogP contribution in [-0.4, -0.2) is 13.1 Å². The van der Waals surface area contributed by atoms with Crippen molar-refractivity contribution in [2.45, 2.75) is 0 Å². The monoisotopic (exact) mass is 190 g/mol. The van der Waals surface area contributed by atoms with Gasteiger partial charge in [0.05, 0.1) is 12.7 Å². The molecule has 0 atom stereocenters. The summed E-state index contributed by atoms with van der Waals surface area (Å²) >= 11 is 0. The van der Waals surface area contributed by atoms with Crippen LogP contribution >= 0.6 is 0 Å². The van der Waals surface area contributed by atoms with E-state index in [2.05, 4.69) is 17.9 Å². The molecule has 0 heterocycles. The summed E-state index contributed by atoms with van der Waals surface area (Å²) in [5.41, 5.74) is 0.588. The average molecular weight is 190 g/mol. The van der Waals surface area contributed by atoms with Crippen LogP contribution in [-0.2, 0) is 4.74 Å². The average Bonchev–Trinajstić information content (AvgIpc) is 2.29. The number of methoxy groups -OCH3 is 1. The lowest BCUT2D eigenvalue weighted by Crippen LogP contribution is -1.99. The van der Waals surface area contributed by atoms with E-state index in [1.165, 1.54) is 7.11 Å². The van der Waals surface area contributed by atoms with E-state index < -0.39 is 0 Å². The lowest BCUT2D eigenvalue weighted by molar-refractivity contribution is 0.0601. The fourth-order valence-electron chi connectivity index (χ4n) is 0.692. The van der Waals surface area contributed by atoms with Gasteiger partial charge in [-0.25, -0.2) is 4.79 Å². The van der Waals surface area contributed by atoms with Crippen LogP contribution in [0.2, 0.25) is 0 Å². The first-order chi connectivity index (χ1) is 6.76. The first-order valence-corrected chi connectivity index (χ1v) is 4.13. The summed E-state index contributed by atoms with van der Waals surface area (Å²) < 4.78 is 4.50. The Morgan fingerprint density at radius 3 is 2.07 bits per heavy atom. The highest BCUT2D eigenvalue weighted by molar-refractivity contribution is 5.89. The van der Waals surface area contributed by atoms with Gasteiger partial charge in [0.15, 0.2) is 0 Å². The van der Waals surface area contributed by atoms with Crippen molar-refractivity contribution in [1.82, 2.24) is 0 Å². The highest BCUT2D eigenvalue weighted by atomic mass is 16.5. The van der Waals surface area contributed by atoms with Gasteiger partial charge in [0.1, 0.15) is 0 Å². The molecular weight excluding hydrogens is 176 g/mol. The molecule has 0 radical (unpaired) electrons. The molecule has 0 unspecified atom stereocenters. The first kappa shape index (κ1) is 12.2. The van der Waals surface area contributed by atoms with E-state index in [4.69, 9.17) is 0 Å². The molecule has 0 aliphatic rings. The maximum atomic E-state index is 10.8. The Balaban J connectivity index is 0.000000364. The van der Waals surface area contributed by atoms with E-state index in [1.54, 1.807) is 36.4 Å². The predicted octanol–water partition coefficient (Wildman–Crippen LogP) is 2.83. The number of hydrogen-bond acceptors (Lipinski definition) is 2. The third-order valence-electron chi connectivity index (χ3n) is 1.36. The summed E-state index contributed by atoms with van der Waals surface area (Å²) in [4.78, 5) is 10.8. The zero-order chi connectivity index (χ0) is 10.8. The zero-order valence-corrected chi connectivity index (χ0v) is 8.27. The van der Waals surface area contributed by atoms with Crippen LogP contribution in [0.5, 0.6) is 0 Å². The Morgan fingerprint density at radius 1 is 1.21 bits per heavy atom. The fourth-order valence-corrected chi connectivity index (χ4v) is 0.692. The van der Waals surface area contributed by atoms with Crippen molar-refractivity contribution in [2.24, 2.45) is 0 Å². The van der Waals surface area contributed by atoms with Crippen LogP contribution < -0.4 is 0 Å². The minimum absolute atomic E-state index is 0.291. The SMILES string of the molecule is C=CC=C.COC(=O)c1ccccc1. The Kier molecular flexibility index (Phi) is 6.78. The van der Waals surface area contributed by atoms with Gasteiger partial charge in [0, 0.05) is 0 Å². The second-order valence-corrected chi connectivity index (χ2v) is 2.33. The zero-order valence-electron chi connectivity index (χ0n) is 8.27. The van der Waals surface area contributed by atoms with E-state index in [-0.39, 0.29) is 5.97 Å². The quantitative estimate of drug-likeness (QED) is 0.529. The van der Waals surface area contributed by atoms with Gasteiger partial charge in [-0.2, -0.15) is 0 Å². The summed E-state index contributed by atoms with van der Waals surface area (Å²) in [6.45, 7) is 6.72. The lowest BCUT2D eigenvalue weighted by Gasteiger charge is -1.95. The second kappa shape index (κ2) is 7.80. The van der Waals surface area contributed by atoms with Crippen molar-refractivity contribution in [3.63, 3.8) is 0 Å². The Labute approximate surface area is 84.5 Å². The molecule has 1 rings (SSSR count). The van der Waals surface area contributed by atoms with Crippen LogP contribution in [0.3, 0.4) is 0 Å². The number of esters is 1. The summed E-state index contributed by atoms with van der Waals surface area (Å²) in [5, 5.41) is 0. The van der Waals surface area contributed by atoms with Gasteiger partial charge in [0.25, 0.3) is 0 Å². The van der Waals surface area contributed by atoms with Crippen molar-refractivity contribution in [3.05, 3.63) is 61.2 Å². The number of hydrogen-bond donors (Lipinski definition) is 0. The third-order valence-corrected chi connectivity index (χ3v) is 1.36. The molecule has 0 bridgehead atoms. The summed E-state index contributed by atoms with van der Waals surface area (Å²) in [5.74, 6) is -0.291. The molecule has 1 aromatic rings. The van der Waals surface area contributed by atoms with Crippen molar-refractivity contribution in [2.75, 3.05) is 7.11 Å². The van der Waals surface area contributed by atoms with Gasteiger partial charge in [0.2, 0.25) is 0 Å². The Bertz CT molecular complexity index is 282. The van der Waals surface area contributed by atoms with Crippen molar-refractivity contribution >= 4 is 5.97 Å².